The predicted octanol–water partition coefficient (Wildman–Crippen LogP) is 3.65. The van der Waals surface area contributed by atoms with Crippen molar-refractivity contribution < 1.29 is 22.5 Å². The number of carbonyl (C=O) groups excluding carboxylic acids is 1. The Morgan fingerprint density at radius 2 is 2.04 bits per heavy atom. The molecule has 28 heavy (non-hydrogen) atoms. The van der Waals surface area contributed by atoms with Crippen molar-refractivity contribution in [2.24, 2.45) is 0 Å². The van der Waals surface area contributed by atoms with Crippen LogP contribution < -0.4 is 4.72 Å². The number of carbonyl (C=O) groups is 1. The van der Waals surface area contributed by atoms with Gasteiger partial charge in [-0.25, -0.2) is 13.2 Å². The van der Waals surface area contributed by atoms with Crippen LogP contribution in [0.25, 0.3) is 11.4 Å². The molecule has 1 saturated carbocycles. The first kappa shape index (κ1) is 18.6. The molecule has 2 heterocycles. The van der Waals surface area contributed by atoms with E-state index in [0.29, 0.717) is 34.4 Å². The highest BCUT2D eigenvalue weighted by molar-refractivity contribution is 7.94. The molecule has 0 aliphatic heterocycles. The Bertz CT molecular complexity index is 1100. The topological polar surface area (TPSA) is 111 Å². The number of hydrogen-bond acceptors (Lipinski definition) is 8. The lowest BCUT2D eigenvalue weighted by Gasteiger charge is -2.20. The number of methoxy groups -OCH3 is 1. The van der Waals surface area contributed by atoms with Crippen LogP contribution in [0.15, 0.2) is 44.4 Å². The molecule has 1 N–H and O–H groups in total. The number of sulfonamides is 1. The summed E-state index contributed by atoms with van der Waals surface area (Å²) in [5, 5.41) is 5.65. The molecule has 4 rings (SSSR count). The summed E-state index contributed by atoms with van der Waals surface area (Å²) in [5.41, 5.74) is 1.28. The van der Waals surface area contributed by atoms with Crippen LogP contribution in [0.2, 0.25) is 0 Å². The molecule has 10 heteroatoms. The molecular formula is C18H17N3O5S2. The fourth-order valence-corrected chi connectivity index (χ4v) is 4.96. The van der Waals surface area contributed by atoms with Gasteiger partial charge >= 0.3 is 5.97 Å². The summed E-state index contributed by atoms with van der Waals surface area (Å²) in [6.07, 6.45) is 3.25. The van der Waals surface area contributed by atoms with Gasteiger partial charge in [0.2, 0.25) is 11.7 Å². The molecule has 146 valence electrons. The Morgan fingerprint density at radius 3 is 2.68 bits per heavy atom. The number of nitrogens with zero attached hydrogens (tertiary/aromatic N) is 2. The first-order chi connectivity index (χ1) is 13.5. The maximum atomic E-state index is 12.6. The molecule has 1 fully saturated rings. The third-order valence-electron chi connectivity index (χ3n) is 4.55. The Balaban J connectivity index is 1.50. The fraction of sp³-hybridized carbons (Fsp3) is 0.278. The van der Waals surface area contributed by atoms with Gasteiger partial charge in [-0.1, -0.05) is 11.6 Å². The largest absolute Gasteiger partial charge is 0.465 e. The van der Waals surface area contributed by atoms with E-state index in [1.165, 1.54) is 37.4 Å². The second kappa shape index (κ2) is 7.36. The van der Waals surface area contributed by atoms with Gasteiger partial charge in [-0.3, -0.25) is 4.72 Å². The molecule has 1 aromatic carbocycles. The highest BCUT2D eigenvalue weighted by atomic mass is 32.2. The Kier molecular flexibility index (Phi) is 4.90. The summed E-state index contributed by atoms with van der Waals surface area (Å²) in [4.78, 5) is 15.8. The zero-order chi connectivity index (χ0) is 19.7. The van der Waals surface area contributed by atoms with Crippen LogP contribution in [0.5, 0.6) is 0 Å². The van der Waals surface area contributed by atoms with Crippen molar-refractivity contribution in [1.82, 2.24) is 10.1 Å². The van der Waals surface area contributed by atoms with E-state index < -0.39 is 16.0 Å². The molecule has 0 unspecified atom stereocenters. The molecule has 0 radical (unpaired) electrons. The lowest BCUT2D eigenvalue weighted by Crippen LogP contribution is -2.11. The number of benzene rings is 1. The minimum absolute atomic E-state index is 0.134. The summed E-state index contributed by atoms with van der Waals surface area (Å²) in [6, 6.07) is 7.51. The molecule has 3 aromatic rings. The molecule has 0 saturated heterocycles. The first-order valence-corrected chi connectivity index (χ1v) is 11.0. The van der Waals surface area contributed by atoms with Crippen molar-refractivity contribution in [2.45, 2.75) is 29.4 Å². The molecule has 2 aromatic heterocycles. The summed E-state index contributed by atoms with van der Waals surface area (Å²) in [7, 11) is -2.49. The van der Waals surface area contributed by atoms with E-state index >= 15 is 0 Å². The Hall–Kier alpha value is -2.72. The van der Waals surface area contributed by atoms with Gasteiger partial charge in [0.05, 0.1) is 12.7 Å². The van der Waals surface area contributed by atoms with Crippen molar-refractivity contribution in [2.75, 3.05) is 11.8 Å². The highest BCUT2D eigenvalue weighted by Crippen LogP contribution is 2.36. The summed E-state index contributed by atoms with van der Waals surface area (Å²) in [6.45, 7) is 0. The van der Waals surface area contributed by atoms with Crippen molar-refractivity contribution >= 4 is 33.0 Å². The SMILES string of the molecule is COC(=O)c1ccc(NS(=O)(=O)c2cc(-c3noc(C4CCC4)n3)cs2)cc1. The smallest absolute Gasteiger partial charge is 0.337 e. The number of hydrogen-bond donors (Lipinski definition) is 1. The maximum absolute atomic E-state index is 12.6. The zero-order valence-electron chi connectivity index (χ0n) is 14.9. The quantitative estimate of drug-likeness (QED) is 0.607. The van der Waals surface area contributed by atoms with Crippen LogP contribution in [-0.2, 0) is 14.8 Å². The molecule has 1 aliphatic carbocycles. The minimum atomic E-state index is -3.78. The summed E-state index contributed by atoms with van der Waals surface area (Å²) < 4.78 is 37.8. The van der Waals surface area contributed by atoms with Crippen molar-refractivity contribution in [3.63, 3.8) is 0 Å². The van der Waals surface area contributed by atoms with Crippen LogP contribution in [0.3, 0.4) is 0 Å². The highest BCUT2D eigenvalue weighted by Gasteiger charge is 2.26. The van der Waals surface area contributed by atoms with Gasteiger partial charge in [-0.15, -0.1) is 11.3 Å². The van der Waals surface area contributed by atoms with Gasteiger partial charge in [0.25, 0.3) is 10.0 Å². The molecule has 0 atom stereocenters. The van der Waals surface area contributed by atoms with Gasteiger partial charge < -0.3 is 9.26 Å². The third kappa shape index (κ3) is 3.65. The fourth-order valence-electron chi connectivity index (χ4n) is 2.75. The predicted molar refractivity (Wildman–Crippen MR) is 103 cm³/mol. The van der Waals surface area contributed by atoms with E-state index in [-0.39, 0.29) is 4.21 Å². The summed E-state index contributed by atoms with van der Waals surface area (Å²) >= 11 is 1.07. The first-order valence-electron chi connectivity index (χ1n) is 8.60. The van der Waals surface area contributed by atoms with Gasteiger partial charge in [0.1, 0.15) is 4.21 Å². The molecule has 1 aliphatic rings. The van der Waals surface area contributed by atoms with E-state index in [1.807, 2.05) is 0 Å². The van der Waals surface area contributed by atoms with Crippen LogP contribution in [0.4, 0.5) is 5.69 Å². The van der Waals surface area contributed by atoms with E-state index in [9.17, 15) is 13.2 Å². The van der Waals surface area contributed by atoms with Gasteiger partial charge in [0, 0.05) is 22.5 Å². The molecule has 0 amide bonds. The lowest BCUT2D eigenvalue weighted by atomic mass is 9.85. The monoisotopic (exact) mass is 419 g/mol. The van der Waals surface area contributed by atoms with Crippen LogP contribution in [-0.4, -0.2) is 31.6 Å². The number of nitrogens with one attached hydrogen (secondary N) is 1. The number of aromatic nitrogens is 2. The molecule has 0 bridgehead atoms. The average Bonchev–Trinajstić information content (AvgIpc) is 3.30. The normalized spacial score (nSPS) is 14.5. The molecule has 0 spiro atoms. The van der Waals surface area contributed by atoms with Crippen molar-refractivity contribution in [1.29, 1.82) is 0 Å². The van der Waals surface area contributed by atoms with E-state index in [1.54, 1.807) is 5.38 Å². The number of rotatable bonds is 6. The molecular weight excluding hydrogens is 402 g/mol. The minimum Gasteiger partial charge on any atom is -0.465 e. The van der Waals surface area contributed by atoms with E-state index in [4.69, 9.17) is 4.52 Å². The molecule has 8 nitrogen and oxygen atoms in total. The lowest BCUT2D eigenvalue weighted by molar-refractivity contribution is 0.0600. The van der Waals surface area contributed by atoms with Crippen LogP contribution >= 0.6 is 11.3 Å². The zero-order valence-corrected chi connectivity index (χ0v) is 16.5. The standard InChI is InChI=1S/C18H17N3O5S2/c1-25-18(22)12-5-7-14(8-6-12)21-28(23,24)15-9-13(10-27-15)16-19-17(26-20-16)11-3-2-4-11/h5-11,21H,2-4H2,1H3. The second-order valence-electron chi connectivity index (χ2n) is 6.41. The number of ether oxygens (including phenoxy) is 1. The van der Waals surface area contributed by atoms with Crippen LogP contribution in [0, 0.1) is 0 Å². The van der Waals surface area contributed by atoms with Crippen molar-refractivity contribution in [3.05, 3.63) is 47.2 Å². The Morgan fingerprint density at radius 1 is 1.29 bits per heavy atom. The summed E-state index contributed by atoms with van der Waals surface area (Å²) in [5.74, 6) is 0.833. The third-order valence-corrected chi connectivity index (χ3v) is 7.37. The maximum Gasteiger partial charge on any atom is 0.337 e. The van der Waals surface area contributed by atoms with Crippen molar-refractivity contribution in [3.8, 4) is 11.4 Å². The number of anilines is 1. The van der Waals surface area contributed by atoms with Gasteiger partial charge in [-0.05, 0) is 43.2 Å². The van der Waals surface area contributed by atoms with Gasteiger partial charge in [0.15, 0.2) is 0 Å². The number of esters is 1. The van der Waals surface area contributed by atoms with E-state index in [2.05, 4.69) is 19.6 Å². The Labute approximate surface area is 165 Å². The van der Waals surface area contributed by atoms with E-state index in [0.717, 1.165) is 30.6 Å². The second-order valence-corrected chi connectivity index (χ2v) is 9.23. The number of thiophene rings is 1. The van der Waals surface area contributed by atoms with Gasteiger partial charge in [-0.2, -0.15) is 4.98 Å². The van der Waals surface area contributed by atoms with Crippen LogP contribution in [0.1, 0.15) is 41.4 Å². The average molecular weight is 419 g/mol.